The molecule has 0 radical (unpaired) electrons. The first kappa shape index (κ1) is 11.9. The van der Waals surface area contributed by atoms with Gasteiger partial charge in [-0.1, -0.05) is 30.3 Å². The van der Waals surface area contributed by atoms with Gasteiger partial charge >= 0.3 is 5.63 Å². The maximum Gasteiger partial charge on any atom is 0.347 e. The highest BCUT2D eigenvalue weighted by molar-refractivity contribution is 7.71. The smallest absolute Gasteiger partial charge is 0.347 e. The Morgan fingerprint density at radius 2 is 1.79 bits per heavy atom. The number of benzene rings is 1. The van der Waals surface area contributed by atoms with E-state index in [1.807, 2.05) is 30.3 Å². The first-order valence-electron chi connectivity index (χ1n) is 5.79. The lowest BCUT2D eigenvalue weighted by Crippen LogP contribution is -2.00. The van der Waals surface area contributed by atoms with Crippen molar-refractivity contribution in [3.05, 3.63) is 63.4 Å². The van der Waals surface area contributed by atoms with Crippen LogP contribution in [0.25, 0.3) is 22.1 Å². The van der Waals surface area contributed by atoms with Crippen LogP contribution in [0.1, 0.15) is 5.76 Å². The standard InChI is InChI=1S/C15H10O3S/c1-9-7-13-12(14(16)17-9)8-11(15(19)18-13)10-5-3-2-4-6-10/h2-8H,1H3. The summed E-state index contributed by atoms with van der Waals surface area (Å²) in [5.74, 6) is 0.503. The summed E-state index contributed by atoms with van der Waals surface area (Å²) < 4.78 is 11.0. The molecule has 3 aromatic rings. The molecule has 0 saturated heterocycles. The molecule has 0 amide bonds. The van der Waals surface area contributed by atoms with Gasteiger partial charge < -0.3 is 8.83 Å². The molecule has 2 aromatic heterocycles. The average Bonchev–Trinajstić information content (AvgIpc) is 2.38. The third kappa shape index (κ3) is 2.11. The molecule has 0 saturated carbocycles. The number of fused-ring (bicyclic) bond motifs is 1. The van der Waals surface area contributed by atoms with Crippen LogP contribution in [-0.4, -0.2) is 0 Å². The Kier molecular flexibility index (Phi) is 2.80. The molecule has 0 aliphatic rings. The minimum Gasteiger partial charge on any atom is -0.444 e. The average molecular weight is 270 g/mol. The van der Waals surface area contributed by atoms with Crippen molar-refractivity contribution in [3.8, 4) is 11.1 Å². The summed E-state index contributed by atoms with van der Waals surface area (Å²) in [5, 5.41) is 0.401. The molecule has 1 aromatic carbocycles. The van der Waals surface area contributed by atoms with Gasteiger partial charge in [0.2, 0.25) is 0 Å². The van der Waals surface area contributed by atoms with Gasteiger partial charge in [0.15, 0.2) is 4.71 Å². The number of rotatable bonds is 1. The van der Waals surface area contributed by atoms with Crippen molar-refractivity contribution < 1.29 is 8.83 Å². The zero-order valence-electron chi connectivity index (χ0n) is 10.2. The van der Waals surface area contributed by atoms with Crippen LogP contribution in [0.2, 0.25) is 0 Å². The van der Waals surface area contributed by atoms with Crippen LogP contribution in [0, 0.1) is 11.6 Å². The monoisotopic (exact) mass is 270 g/mol. The van der Waals surface area contributed by atoms with Crippen molar-refractivity contribution in [1.82, 2.24) is 0 Å². The molecule has 0 bridgehead atoms. The quantitative estimate of drug-likeness (QED) is 0.625. The van der Waals surface area contributed by atoms with Gasteiger partial charge in [-0.2, -0.15) is 0 Å². The van der Waals surface area contributed by atoms with Crippen molar-refractivity contribution in [2.75, 3.05) is 0 Å². The summed E-state index contributed by atoms with van der Waals surface area (Å²) in [7, 11) is 0. The third-order valence-corrected chi connectivity index (χ3v) is 3.17. The Morgan fingerprint density at radius 1 is 1.05 bits per heavy atom. The molecule has 2 heterocycles. The highest BCUT2D eigenvalue weighted by Crippen LogP contribution is 2.25. The van der Waals surface area contributed by atoms with Crippen LogP contribution in [-0.2, 0) is 0 Å². The molecule has 94 valence electrons. The predicted molar refractivity (Wildman–Crippen MR) is 75.8 cm³/mol. The summed E-state index contributed by atoms with van der Waals surface area (Å²) in [5.41, 5.74) is 1.68. The minimum atomic E-state index is -0.411. The largest absolute Gasteiger partial charge is 0.444 e. The van der Waals surface area contributed by atoms with E-state index in [1.165, 1.54) is 0 Å². The highest BCUT2D eigenvalue weighted by atomic mass is 32.1. The van der Waals surface area contributed by atoms with Crippen molar-refractivity contribution in [3.63, 3.8) is 0 Å². The lowest BCUT2D eigenvalue weighted by Gasteiger charge is -2.03. The molecule has 0 atom stereocenters. The van der Waals surface area contributed by atoms with Crippen LogP contribution in [0.4, 0.5) is 0 Å². The topological polar surface area (TPSA) is 43.4 Å². The maximum absolute atomic E-state index is 11.8. The molecule has 3 rings (SSSR count). The van der Waals surface area contributed by atoms with Crippen molar-refractivity contribution in [1.29, 1.82) is 0 Å². The number of aryl methyl sites for hydroxylation is 1. The van der Waals surface area contributed by atoms with E-state index in [1.54, 1.807) is 19.1 Å². The Labute approximate surface area is 114 Å². The summed E-state index contributed by atoms with van der Waals surface area (Å²) >= 11 is 5.25. The summed E-state index contributed by atoms with van der Waals surface area (Å²) in [6.45, 7) is 1.70. The Morgan fingerprint density at radius 3 is 2.53 bits per heavy atom. The van der Waals surface area contributed by atoms with Gasteiger partial charge in [0.1, 0.15) is 16.7 Å². The van der Waals surface area contributed by atoms with Gasteiger partial charge in [0, 0.05) is 11.6 Å². The molecule has 3 nitrogen and oxygen atoms in total. The highest BCUT2D eigenvalue weighted by Gasteiger charge is 2.09. The molecular weight excluding hydrogens is 260 g/mol. The molecule has 4 heteroatoms. The van der Waals surface area contributed by atoms with Gasteiger partial charge in [0.05, 0.1) is 0 Å². The van der Waals surface area contributed by atoms with E-state index >= 15 is 0 Å². The molecule has 0 unspecified atom stereocenters. The van der Waals surface area contributed by atoms with E-state index in [-0.39, 0.29) is 0 Å². The Bertz CT molecular complexity index is 860. The summed E-state index contributed by atoms with van der Waals surface area (Å²) in [6.07, 6.45) is 0. The zero-order chi connectivity index (χ0) is 13.4. The molecular formula is C15H10O3S. The van der Waals surface area contributed by atoms with Gasteiger partial charge in [-0.3, -0.25) is 0 Å². The van der Waals surface area contributed by atoms with Gasteiger partial charge in [0.25, 0.3) is 0 Å². The zero-order valence-corrected chi connectivity index (χ0v) is 11.0. The van der Waals surface area contributed by atoms with E-state index in [0.717, 1.165) is 11.1 Å². The van der Waals surface area contributed by atoms with Crippen LogP contribution in [0.3, 0.4) is 0 Å². The van der Waals surface area contributed by atoms with Gasteiger partial charge in [-0.25, -0.2) is 4.79 Å². The molecule has 0 fully saturated rings. The normalized spacial score (nSPS) is 10.8. The van der Waals surface area contributed by atoms with Crippen LogP contribution in [0.5, 0.6) is 0 Å². The molecule has 0 aliphatic carbocycles. The second kappa shape index (κ2) is 4.48. The predicted octanol–water partition coefficient (Wildman–Crippen LogP) is 4.09. The van der Waals surface area contributed by atoms with Crippen LogP contribution < -0.4 is 5.63 Å². The van der Waals surface area contributed by atoms with Crippen molar-refractivity contribution in [2.45, 2.75) is 6.92 Å². The van der Waals surface area contributed by atoms with E-state index < -0.39 is 5.63 Å². The first-order chi connectivity index (χ1) is 9.15. The molecule has 0 spiro atoms. The first-order valence-corrected chi connectivity index (χ1v) is 6.20. The second-order valence-corrected chi connectivity index (χ2v) is 4.61. The van der Waals surface area contributed by atoms with Crippen LogP contribution in [0.15, 0.2) is 56.1 Å². The van der Waals surface area contributed by atoms with Crippen LogP contribution >= 0.6 is 12.2 Å². The SMILES string of the molecule is Cc1cc2oc(=S)c(-c3ccccc3)cc2c(=O)o1. The van der Waals surface area contributed by atoms with Gasteiger partial charge in [-0.15, -0.1) is 0 Å². The maximum atomic E-state index is 11.8. The Balaban J connectivity index is 2.38. The lowest BCUT2D eigenvalue weighted by molar-refractivity contribution is 0.481. The van der Waals surface area contributed by atoms with Crippen molar-refractivity contribution >= 4 is 23.2 Å². The minimum absolute atomic E-state index is 0.365. The molecule has 0 N–H and O–H groups in total. The fourth-order valence-electron chi connectivity index (χ4n) is 1.99. The molecule has 19 heavy (non-hydrogen) atoms. The van der Waals surface area contributed by atoms with E-state index in [9.17, 15) is 4.79 Å². The number of hydrogen-bond donors (Lipinski definition) is 0. The van der Waals surface area contributed by atoms with E-state index in [2.05, 4.69) is 0 Å². The lowest BCUT2D eigenvalue weighted by atomic mass is 10.1. The summed E-state index contributed by atoms with van der Waals surface area (Å²) in [6, 6.07) is 13.0. The van der Waals surface area contributed by atoms with Gasteiger partial charge in [-0.05, 0) is 30.8 Å². The second-order valence-electron chi connectivity index (χ2n) is 4.24. The molecule has 0 aliphatic heterocycles. The van der Waals surface area contributed by atoms with E-state index in [4.69, 9.17) is 21.1 Å². The summed E-state index contributed by atoms with van der Waals surface area (Å²) in [4.78, 5) is 11.8. The fraction of sp³-hybridized carbons (Fsp3) is 0.0667. The van der Waals surface area contributed by atoms with Crippen molar-refractivity contribution in [2.24, 2.45) is 0 Å². The fourth-order valence-corrected chi connectivity index (χ4v) is 2.25. The Hall–Kier alpha value is -2.20. The third-order valence-electron chi connectivity index (χ3n) is 2.87. The number of hydrogen-bond acceptors (Lipinski definition) is 4. The van der Waals surface area contributed by atoms with E-state index in [0.29, 0.717) is 21.4 Å².